The number of nitrogens with two attached hydrogens (primary N) is 1. The Morgan fingerprint density at radius 2 is 1.95 bits per heavy atom. The van der Waals surface area contributed by atoms with Crippen LogP contribution in [0.4, 0.5) is 18.9 Å². The Bertz CT molecular complexity index is 626. The van der Waals surface area contributed by atoms with Crippen LogP contribution in [0.3, 0.4) is 0 Å². The molecule has 0 bridgehead atoms. The molecular weight excluding hydrogens is 259 g/mol. The van der Waals surface area contributed by atoms with E-state index in [1.807, 2.05) is 0 Å². The number of halogens is 3. The van der Waals surface area contributed by atoms with Crippen molar-refractivity contribution in [2.75, 3.05) is 5.43 Å². The van der Waals surface area contributed by atoms with E-state index in [-0.39, 0.29) is 11.3 Å². The first-order valence-electron chi connectivity index (χ1n) is 5.46. The number of nitrogen functional groups attached to an aromatic ring is 1. The number of para-hydroxylation sites is 1. The smallest absolute Gasteiger partial charge is 0.403 e. The van der Waals surface area contributed by atoms with Crippen LogP contribution in [0.1, 0.15) is 11.3 Å². The first-order valence-corrected chi connectivity index (χ1v) is 5.46. The van der Waals surface area contributed by atoms with Crippen molar-refractivity contribution in [3.05, 3.63) is 29.5 Å². The normalized spacial score (nSPS) is 11.7. The maximum atomic E-state index is 12.3. The number of fused-ring (bicyclic) bond motifs is 1. The lowest BCUT2D eigenvalue weighted by Gasteiger charge is -2.15. The molecule has 0 atom stereocenters. The number of nitrogens with one attached hydrogen (secondary N) is 1. The number of nitrogens with zero attached hydrogens (tertiary/aromatic N) is 1. The molecule has 0 amide bonds. The maximum Gasteiger partial charge on any atom is 0.573 e. The zero-order chi connectivity index (χ0) is 14.2. The number of pyridine rings is 1. The summed E-state index contributed by atoms with van der Waals surface area (Å²) in [5, 5.41) is 0.479. The highest BCUT2D eigenvalue weighted by atomic mass is 19.4. The molecule has 1 aromatic carbocycles. The summed E-state index contributed by atoms with van der Waals surface area (Å²) < 4.78 is 41.0. The summed E-state index contributed by atoms with van der Waals surface area (Å²) in [7, 11) is 0. The average Bonchev–Trinajstić information content (AvgIpc) is 2.30. The van der Waals surface area contributed by atoms with Gasteiger partial charge in [0.15, 0.2) is 5.75 Å². The third kappa shape index (κ3) is 2.55. The maximum absolute atomic E-state index is 12.3. The summed E-state index contributed by atoms with van der Waals surface area (Å²) >= 11 is 0. The fourth-order valence-corrected chi connectivity index (χ4v) is 1.87. The van der Waals surface area contributed by atoms with E-state index in [1.54, 1.807) is 19.9 Å². The van der Waals surface area contributed by atoms with E-state index in [9.17, 15) is 13.2 Å². The zero-order valence-corrected chi connectivity index (χ0v) is 10.3. The van der Waals surface area contributed by atoms with Crippen molar-refractivity contribution in [1.29, 1.82) is 0 Å². The number of ether oxygens (including phenoxy) is 1. The number of aromatic nitrogens is 1. The van der Waals surface area contributed by atoms with E-state index >= 15 is 0 Å². The summed E-state index contributed by atoms with van der Waals surface area (Å²) in [5.74, 6) is 5.08. The van der Waals surface area contributed by atoms with Gasteiger partial charge >= 0.3 is 6.36 Å². The van der Waals surface area contributed by atoms with Crippen molar-refractivity contribution in [2.45, 2.75) is 20.2 Å². The lowest BCUT2D eigenvalue weighted by Crippen LogP contribution is -2.18. The van der Waals surface area contributed by atoms with Gasteiger partial charge < -0.3 is 10.2 Å². The highest BCUT2D eigenvalue weighted by molar-refractivity contribution is 5.96. The van der Waals surface area contributed by atoms with E-state index in [2.05, 4.69) is 15.1 Å². The molecule has 0 fully saturated rings. The van der Waals surface area contributed by atoms with E-state index in [0.29, 0.717) is 16.8 Å². The molecule has 0 aliphatic rings. The molecule has 2 aromatic rings. The molecule has 0 radical (unpaired) electrons. The number of alkyl halides is 3. The van der Waals surface area contributed by atoms with Gasteiger partial charge in [0.2, 0.25) is 0 Å². The van der Waals surface area contributed by atoms with Crippen LogP contribution < -0.4 is 16.0 Å². The Balaban J connectivity index is 2.72. The Hall–Kier alpha value is -2.02. The molecule has 2 rings (SSSR count). The molecule has 0 aliphatic carbocycles. The van der Waals surface area contributed by atoms with Gasteiger partial charge in [0.1, 0.15) is 5.52 Å². The molecule has 0 saturated carbocycles. The van der Waals surface area contributed by atoms with Crippen molar-refractivity contribution >= 4 is 16.6 Å². The van der Waals surface area contributed by atoms with Crippen LogP contribution in [0.5, 0.6) is 5.75 Å². The van der Waals surface area contributed by atoms with Crippen LogP contribution in [-0.4, -0.2) is 11.3 Å². The average molecular weight is 271 g/mol. The third-order valence-electron chi connectivity index (χ3n) is 2.84. The van der Waals surface area contributed by atoms with Gasteiger partial charge in [-0.15, -0.1) is 13.2 Å². The first-order chi connectivity index (χ1) is 8.83. The number of hydrazine groups is 1. The van der Waals surface area contributed by atoms with E-state index in [4.69, 9.17) is 5.84 Å². The van der Waals surface area contributed by atoms with Crippen LogP contribution in [-0.2, 0) is 0 Å². The summed E-state index contributed by atoms with van der Waals surface area (Å²) in [6.45, 7) is 3.48. The Kier molecular flexibility index (Phi) is 3.23. The van der Waals surface area contributed by atoms with Crippen molar-refractivity contribution in [3.8, 4) is 5.75 Å². The molecule has 7 heteroatoms. The van der Waals surface area contributed by atoms with Gasteiger partial charge in [-0.05, 0) is 25.5 Å². The summed E-state index contributed by atoms with van der Waals surface area (Å²) in [6.07, 6.45) is -4.76. The zero-order valence-electron chi connectivity index (χ0n) is 10.3. The van der Waals surface area contributed by atoms with Crippen molar-refractivity contribution in [1.82, 2.24) is 4.98 Å². The second kappa shape index (κ2) is 4.58. The number of benzene rings is 1. The third-order valence-corrected chi connectivity index (χ3v) is 2.84. The largest absolute Gasteiger partial charge is 0.573 e. The fourth-order valence-electron chi connectivity index (χ4n) is 1.87. The monoisotopic (exact) mass is 271 g/mol. The predicted octanol–water partition coefficient (Wildman–Crippen LogP) is 3.04. The van der Waals surface area contributed by atoms with E-state index < -0.39 is 6.36 Å². The van der Waals surface area contributed by atoms with Crippen molar-refractivity contribution in [2.24, 2.45) is 5.84 Å². The van der Waals surface area contributed by atoms with Gasteiger partial charge in [-0.3, -0.25) is 5.84 Å². The minimum absolute atomic E-state index is 0.121. The number of aryl methyl sites for hydroxylation is 1. The lowest BCUT2D eigenvalue weighted by atomic mass is 10.1. The van der Waals surface area contributed by atoms with Gasteiger partial charge in [-0.2, -0.15) is 0 Å². The lowest BCUT2D eigenvalue weighted by molar-refractivity contribution is -0.274. The van der Waals surface area contributed by atoms with Gasteiger partial charge in [0.25, 0.3) is 0 Å². The molecule has 1 aromatic heterocycles. The highest BCUT2D eigenvalue weighted by Gasteiger charge is 2.32. The van der Waals surface area contributed by atoms with Crippen molar-refractivity contribution in [3.63, 3.8) is 0 Å². The van der Waals surface area contributed by atoms with Crippen LogP contribution >= 0.6 is 0 Å². The minimum Gasteiger partial charge on any atom is -0.403 e. The van der Waals surface area contributed by atoms with Crippen LogP contribution in [0.2, 0.25) is 0 Å². The number of rotatable bonds is 2. The summed E-state index contributed by atoms with van der Waals surface area (Å²) in [4.78, 5) is 4.15. The molecule has 0 spiro atoms. The SMILES string of the molecule is Cc1nc2c(OC(F)(F)F)cccc2c(NN)c1C. The number of hydrogen-bond acceptors (Lipinski definition) is 4. The van der Waals surface area contributed by atoms with Crippen LogP contribution in [0.15, 0.2) is 18.2 Å². The highest BCUT2D eigenvalue weighted by Crippen LogP contribution is 2.34. The molecule has 19 heavy (non-hydrogen) atoms. The second-order valence-electron chi connectivity index (χ2n) is 4.04. The van der Waals surface area contributed by atoms with Gasteiger partial charge in [0, 0.05) is 11.1 Å². The topological polar surface area (TPSA) is 60.2 Å². The summed E-state index contributed by atoms with van der Waals surface area (Å²) in [6, 6.07) is 4.31. The Morgan fingerprint density at radius 3 is 2.53 bits per heavy atom. The number of hydrogen-bond donors (Lipinski definition) is 2. The van der Waals surface area contributed by atoms with Crippen LogP contribution in [0, 0.1) is 13.8 Å². The fraction of sp³-hybridized carbons (Fsp3) is 0.250. The Labute approximate surface area is 107 Å². The predicted molar refractivity (Wildman–Crippen MR) is 65.7 cm³/mol. The minimum atomic E-state index is -4.76. The molecule has 4 nitrogen and oxygen atoms in total. The molecule has 3 N–H and O–H groups in total. The molecule has 1 heterocycles. The molecule has 0 unspecified atom stereocenters. The standard InChI is InChI=1S/C12H12F3N3O/c1-6-7(2)17-11-8(10(6)18-16)4-3-5-9(11)19-12(13,14)15/h3-5H,16H2,1-2H3,(H,17,18). The molecule has 0 saturated heterocycles. The van der Waals surface area contributed by atoms with Gasteiger partial charge in [-0.25, -0.2) is 4.98 Å². The van der Waals surface area contributed by atoms with Crippen LogP contribution in [0.25, 0.3) is 10.9 Å². The molecule has 102 valence electrons. The van der Waals surface area contributed by atoms with E-state index in [1.165, 1.54) is 12.1 Å². The van der Waals surface area contributed by atoms with Gasteiger partial charge in [-0.1, -0.05) is 12.1 Å². The quantitative estimate of drug-likeness (QED) is 0.651. The first kappa shape index (κ1) is 13.4. The summed E-state index contributed by atoms with van der Waals surface area (Å²) in [5.41, 5.74) is 4.51. The van der Waals surface area contributed by atoms with Gasteiger partial charge in [0.05, 0.1) is 5.69 Å². The Morgan fingerprint density at radius 1 is 1.26 bits per heavy atom. The second-order valence-corrected chi connectivity index (χ2v) is 4.04. The number of anilines is 1. The van der Waals surface area contributed by atoms with Crippen molar-refractivity contribution < 1.29 is 17.9 Å². The van der Waals surface area contributed by atoms with E-state index in [0.717, 1.165) is 5.56 Å². The molecular formula is C12H12F3N3O. The molecule has 0 aliphatic heterocycles.